The highest BCUT2D eigenvalue weighted by Gasteiger charge is 2.08. The zero-order chi connectivity index (χ0) is 9.84. The van der Waals surface area contributed by atoms with Crippen molar-refractivity contribution in [1.29, 1.82) is 0 Å². The maximum atomic E-state index is 9.18. The molecule has 1 rings (SSSR count). The Hall–Kier alpha value is -1.48. The van der Waals surface area contributed by atoms with Gasteiger partial charge in [-0.3, -0.25) is 0 Å². The summed E-state index contributed by atoms with van der Waals surface area (Å²) in [4.78, 5) is 0. The van der Waals surface area contributed by atoms with Gasteiger partial charge in [-0.1, -0.05) is 6.08 Å². The van der Waals surface area contributed by atoms with Gasteiger partial charge >= 0.3 is 0 Å². The summed E-state index contributed by atoms with van der Waals surface area (Å²) in [6, 6.07) is 4.55. The SMILES string of the molecule is C=C[C@H](N)c1ccc(O)cc1OC. The van der Waals surface area contributed by atoms with Crippen molar-refractivity contribution in [2.75, 3.05) is 7.11 Å². The molecule has 0 unspecified atom stereocenters. The van der Waals surface area contributed by atoms with Gasteiger partial charge in [0.25, 0.3) is 0 Å². The molecule has 13 heavy (non-hydrogen) atoms. The van der Waals surface area contributed by atoms with Crippen LogP contribution in [0.5, 0.6) is 11.5 Å². The number of nitrogens with two attached hydrogens (primary N) is 1. The van der Waals surface area contributed by atoms with Crippen LogP contribution < -0.4 is 10.5 Å². The molecule has 0 amide bonds. The minimum atomic E-state index is -0.268. The first-order valence-electron chi connectivity index (χ1n) is 3.94. The quantitative estimate of drug-likeness (QED) is 0.693. The van der Waals surface area contributed by atoms with E-state index in [9.17, 15) is 5.11 Å². The van der Waals surface area contributed by atoms with Crippen molar-refractivity contribution < 1.29 is 9.84 Å². The van der Waals surface area contributed by atoms with Crippen LogP contribution in [0.3, 0.4) is 0 Å². The Bertz CT molecular complexity index is 310. The van der Waals surface area contributed by atoms with Crippen molar-refractivity contribution >= 4 is 0 Å². The van der Waals surface area contributed by atoms with Gasteiger partial charge in [-0.05, 0) is 12.1 Å². The average molecular weight is 179 g/mol. The van der Waals surface area contributed by atoms with E-state index in [1.54, 1.807) is 18.2 Å². The number of aromatic hydroxyl groups is 1. The van der Waals surface area contributed by atoms with Crippen LogP contribution in [0.1, 0.15) is 11.6 Å². The average Bonchev–Trinajstić information content (AvgIpc) is 2.16. The van der Waals surface area contributed by atoms with E-state index in [0.717, 1.165) is 5.56 Å². The Morgan fingerprint density at radius 2 is 2.31 bits per heavy atom. The van der Waals surface area contributed by atoms with E-state index in [4.69, 9.17) is 10.5 Å². The predicted molar refractivity (Wildman–Crippen MR) is 51.8 cm³/mol. The van der Waals surface area contributed by atoms with Crippen LogP contribution in [0, 0.1) is 0 Å². The lowest BCUT2D eigenvalue weighted by Crippen LogP contribution is -2.07. The van der Waals surface area contributed by atoms with Crippen LogP contribution in [0.2, 0.25) is 0 Å². The van der Waals surface area contributed by atoms with Crippen LogP contribution in [-0.2, 0) is 0 Å². The van der Waals surface area contributed by atoms with Crippen LogP contribution in [0.15, 0.2) is 30.9 Å². The lowest BCUT2D eigenvalue weighted by atomic mass is 10.1. The molecule has 0 saturated carbocycles. The first-order chi connectivity index (χ1) is 6.19. The molecule has 0 spiro atoms. The molecule has 0 heterocycles. The van der Waals surface area contributed by atoms with Gasteiger partial charge in [0.05, 0.1) is 13.2 Å². The van der Waals surface area contributed by atoms with E-state index in [0.29, 0.717) is 5.75 Å². The van der Waals surface area contributed by atoms with E-state index in [2.05, 4.69) is 6.58 Å². The summed E-state index contributed by atoms with van der Waals surface area (Å²) in [6.45, 7) is 3.59. The van der Waals surface area contributed by atoms with Gasteiger partial charge in [-0.15, -0.1) is 6.58 Å². The second-order valence-corrected chi connectivity index (χ2v) is 2.69. The third-order valence-corrected chi connectivity index (χ3v) is 1.83. The fraction of sp³-hybridized carbons (Fsp3) is 0.200. The maximum absolute atomic E-state index is 9.18. The van der Waals surface area contributed by atoms with Gasteiger partial charge in [-0.2, -0.15) is 0 Å². The molecule has 0 aliphatic heterocycles. The van der Waals surface area contributed by atoms with Crippen LogP contribution in [-0.4, -0.2) is 12.2 Å². The van der Waals surface area contributed by atoms with Crippen molar-refractivity contribution in [2.45, 2.75) is 6.04 Å². The smallest absolute Gasteiger partial charge is 0.127 e. The molecule has 0 saturated heterocycles. The molecular formula is C10H13NO2. The van der Waals surface area contributed by atoms with Crippen molar-refractivity contribution in [1.82, 2.24) is 0 Å². The summed E-state index contributed by atoms with van der Waals surface area (Å²) in [7, 11) is 1.54. The summed E-state index contributed by atoms with van der Waals surface area (Å²) >= 11 is 0. The fourth-order valence-corrected chi connectivity index (χ4v) is 1.10. The molecule has 1 atom stereocenters. The highest BCUT2D eigenvalue weighted by atomic mass is 16.5. The molecular weight excluding hydrogens is 166 g/mol. The molecule has 1 aromatic carbocycles. The Morgan fingerprint density at radius 3 is 2.85 bits per heavy atom. The number of hydrogen-bond acceptors (Lipinski definition) is 3. The van der Waals surface area contributed by atoms with Gasteiger partial charge in [0.15, 0.2) is 0 Å². The first kappa shape index (κ1) is 9.61. The van der Waals surface area contributed by atoms with E-state index in [1.165, 1.54) is 13.2 Å². The summed E-state index contributed by atoms with van der Waals surface area (Å²) in [5.74, 6) is 0.740. The highest BCUT2D eigenvalue weighted by molar-refractivity contribution is 5.42. The van der Waals surface area contributed by atoms with E-state index >= 15 is 0 Å². The molecule has 0 aromatic heterocycles. The molecule has 0 radical (unpaired) electrons. The molecule has 70 valence electrons. The summed E-state index contributed by atoms with van der Waals surface area (Å²) in [5.41, 5.74) is 6.56. The number of phenols is 1. The van der Waals surface area contributed by atoms with Crippen molar-refractivity contribution in [2.24, 2.45) is 5.73 Å². The van der Waals surface area contributed by atoms with Crippen LogP contribution in [0.4, 0.5) is 0 Å². The molecule has 0 aliphatic rings. The highest BCUT2D eigenvalue weighted by Crippen LogP contribution is 2.27. The lowest BCUT2D eigenvalue weighted by molar-refractivity contribution is 0.401. The summed E-state index contributed by atoms with van der Waals surface area (Å²) in [6.07, 6.45) is 1.62. The number of hydrogen-bond donors (Lipinski definition) is 2. The van der Waals surface area contributed by atoms with Crippen molar-refractivity contribution in [3.05, 3.63) is 36.4 Å². The van der Waals surface area contributed by atoms with Gasteiger partial charge < -0.3 is 15.6 Å². The molecule has 3 nitrogen and oxygen atoms in total. The second-order valence-electron chi connectivity index (χ2n) is 2.69. The standard InChI is InChI=1S/C10H13NO2/c1-3-9(11)8-5-4-7(12)6-10(8)13-2/h3-6,9,12H,1,11H2,2H3/t9-/m0/s1. The minimum absolute atomic E-state index is 0.164. The van der Waals surface area contributed by atoms with Crippen molar-refractivity contribution in [3.63, 3.8) is 0 Å². The lowest BCUT2D eigenvalue weighted by Gasteiger charge is -2.11. The monoisotopic (exact) mass is 179 g/mol. The van der Waals surface area contributed by atoms with Crippen LogP contribution in [0.25, 0.3) is 0 Å². The number of benzene rings is 1. The Kier molecular flexibility index (Phi) is 2.93. The van der Waals surface area contributed by atoms with E-state index < -0.39 is 0 Å². The Balaban J connectivity index is 3.12. The molecule has 1 aromatic rings. The van der Waals surface area contributed by atoms with Crippen LogP contribution >= 0.6 is 0 Å². The van der Waals surface area contributed by atoms with Gasteiger partial charge in [0.1, 0.15) is 11.5 Å². The van der Waals surface area contributed by atoms with E-state index in [-0.39, 0.29) is 11.8 Å². The largest absolute Gasteiger partial charge is 0.508 e. The summed E-state index contributed by atoms with van der Waals surface area (Å²) < 4.78 is 5.06. The zero-order valence-corrected chi connectivity index (χ0v) is 7.53. The summed E-state index contributed by atoms with van der Waals surface area (Å²) in [5, 5.41) is 9.18. The molecule has 3 N–H and O–H groups in total. The topological polar surface area (TPSA) is 55.5 Å². The van der Waals surface area contributed by atoms with Gasteiger partial charge in [-0.25, -0.2) is 0 Å². The van der Waals surface area contributed by atoms with Gasteiger partial charge in [0.2, 0.25) is 0 Å². The number of phenolic OH excluding ortho intramolecular Hbond substituents is 1. The fourth-order valence-electron chi connectivity index (χ4n) is 1.10. The number of ether oxygens (including phenoxy) is 1. The third-order valence-electron chi connectivity index (χ3n) is 1.83. The Labute approximate surface area is 77.4 Å². The zero-order valence-electron chi connectivity index (χ0n) is 7.53. The third kappa shape index (κ3) is 2.00. The number of methoxy groups -OCH3 is 1. The van der Waals surface area contributed by atoms with Gasteiger partial charge in [0, 0.05) is 11.6 Å². The van der Waals surface area contributed by atoms with Crippen molar-refractivity contribution in [3.8, 4) is 11.5 Å². The normalized spacial score (nSPS) is 12.2. The predicted octanol–water partition coefficient (Wildman–Crippen LogP) is 1.59. The second kappa shape index (κ2) is 3.96. The maximum Gasteiger partial charge on any atom is 0.127 e. The Morgan fingerprint density at radius 1 is 1.62 bits per heavy atom. The first-order valence-corrected chi connectivity index (χ1v) is 3.94. The van der Waals surface area contributed by atoms with E-state index in [1.807, 2.05) is 0 Å². The molecule has 3 heteroatoms. The number of rotatable bonds is 3. The molecule has 0 bridgehead atoms. The molecule has 0 aliphatic carbocycles. The molecule has 0 fully saturated rings. The minimum Gasteiger partial charge on any atom is -0.508 e.